The Morgan fingerprint density at radius 1 is 0.531 bits per heavy atom. The first kappa shape index (κ1) is 28.8. The minimum absolute atomic E-state index is 0.770. The molecule has 232 valence electrons. The van der Waals surface area contributed by atoms with Gasteiger partial charge in [0.15, 0.2) is 5.82 Å². The van der Waals surface area contributed by atoms with Gasteiger partial charge in [0.25, 0.3) is 0 Å². The molecule has 0 bridgehead atoms. The number of aromatic nitrogens is 4. The summed E-state index contributed by atoms with van der Waals surface area (Å²) >= 11 is 0. The molecule has 2 heterocycles. The van der Waals surface area contributed by atoms with Crippen molar-refractivity contribution in [2.24, 2.45) is 0 Å². The van der Waals surface area contributed by atoms with Crippen LogP contribution in [-0.2, 0) is 0 Å². The molecule has 0 spiro atoms. The molecule has 4 heteroatoms. The average Bonchev–Trinajstić information content (AvgIpc) is 3.62. The largest absolute Gasteiger partial charge is 0.299 e. The highest BCUT2D eigenvalue weighted by atomic mass is 15.0. The van der Waals surface area contributed by atoms with E-state index < -0.39 is 0 Å². The van der Waals surface area contributed by atoms with Gasteiger partial charge in [-0.05, 0) is 82.3 Å². The van der Waals surface area contributed by atoms with Gasteiger partial charge in [-0.3, -0.25) is 4.57 Å². The summed E-state index contributed by atoms with van der Waals surface area (Å²) in [6, 6.07) is 51.5. The van der Waals surface area contributed by atoms with Crippen molar-refractivity contribution in [1.29, 1.82) is 0 Å². The van der Waals surface area contributed by atoms with Crippen molar-refractivity contribution < 1.29 is 0 Å². The second kappa shape index (κ2) is 12.3. The summed E-state index contributed by atoms with van der Waals surface area (Å²) in [6.07, 6.45) is 10.5. The number of benzene rings is 6. The second-order valence-electron chi connectivity index (χ2n) is 12.4. The Morgan fingerprint density at radius 2 is 1.24 bits per heavy atom. The van der Waals surface area contributed by atoms with Gasteiger partial charge in [0.1, 0.15) is 6.33 Å². The number of allylic oxidation sites excluding steroid dienone is 4. The van der Waals surface area contributed by atoms with Crippen LogP contribution in [0.5, 0.6) is 0 Å². The summed E-state index contributed by atoms with van der Waals surface area (Å²) in [4.78, 5) is 14.6. The molecule has 0 atom stereocenters. The molecule has 0 radical (unpaired) electrons. The van der Waals surface area contributed by atoms with Gasteiger partial charge in [-0.1, -0.05) is 127 Å². The number of rotatable bonds is 6. The van der Waals surface area contributed by atoms with Crippen LogP contribution in [-0.4, -0.2) is 19.5 Å². The Hall–Kier alpha value is -6.39. The summed E-state index contributed by atoms with van der Waals surface area (Å²) in [5.74, 6) is 0.770. The fourth-order valence-corrected chi connectivity index (χ4v) is 6.78. The fourth-order valence-electron chi connectivity index (χ4n) is 6.78. The predicted molar refractivity (Wildman–Crippen MR) is 202 cm³/mol. The number of nitrogens with zero attached hydrogens (tertiary/aromatic N) is 4. The van der Waals surface area contributed by atoms with E-state index in [9.17, 15) is 0 Å². The van der Waals surface area contributed by atoms with Crippen molar-refractivity contribution >= 4 is 27.4 Å². The van der Waals surface area contributed by atoms with Crippen LogP contribution in [0.25, 0.3) is 77.8 Å². The van der Waals surface area contributed by atoms with Crippen molar-refractivity contribution in [3.05, 3.63) is 176 Å². The van der Waals surface area contributed by atoms with E-state index in [0.29, 0.717) is 0 Å². The van der Waals surface area contributed by atoms with Gasteiger partial charge in [0.2, 0.25) is 0 Å². The zero-order valence-corrected chi connectivity index (χ0v) is 26.9. The molecule has 2 aromatic heterocycles. The highest BCUT2D eigenvalue weighted by Gasteiger charge is 2.13. The molecular formula is C45H32N4. The molecule has 0 aliphatic heterocycles. The van der Waals surface area contributed by atoms with E-state index in [4.69, 9.17) is 9.97 Å². The van der Waals surface area contributed by atoms with Crippen LogP contribution < -0.4 is 0 Å². The van der Waals surface area contributed by atoms with Gasteiger partial charge in [0, 0.05) is 22.4 Å². The summed E-state index contributed by atoms with van der Waals surface area (Å²) < 4.78 is 2.13. The first-order chi connectivity index (χ1) is 24.3. The topological polar surface area (TPSA) is 43.6 Å². The monoisotopic (exact) mass is 628 g/mol. The lowest BCUT2D eigenvalue weighted by Gasteiger charge is -2.12. The third kappa shape index (κ3) is 5.53. The van der Waals surface area contributed by atoms with E-state index in [1.165, 1.54) is 33.0 Å². The van der Waals surface area contributed by atoms with Gasteiger partial charge in [-0.25, -0.2) is 15.0 Å². The lowest BCUT2D eigenvalue weighted by molar-refractivity contribution is 1.03. The van der Waals surface area contributed by atoms with Crippen LogP contribution >= 0.6 is 0 Å². The van der Waals surface area contributed by atoms with Gasteiger partial charge >= 0.3 is 0 Å². The van der Waals surface area contributed by atoms with Gasteiger partial charge in [0.05, 0.1) is 22.4 Å². The third-order valence-electron chi connectivity index (χ3n) is 9.35. The minimum atomic E-state index is 0.770. The molecule has 1 aliphatic carbocycles. The normalized spacial score (nSPS) is 12.8. The first-order valence-electron chi connectivity index (χ1n) is 16.7. The minimum Gasteiger partial charge on any atom is -0.299 e. The first-order valence-corrected chi connectivity index (χ1v) is 16.7. The molecule has 8 aromatic rings. The van der Waals surface area contributed by atoms with E-state index in [-0.39, 0.29) is 0 Å². The SMILES string of the molecule is C1=CC(c2nc(-c3ccccc3)cc(-c3ccc(-c4cccc5cc(-c6ccc(-n7cnc8ccccc87)cc6)ccc45)cc3)n2)=CCC1. The van der Waals surface area contributed by atoms with E-state index in [2.05, 4.69) is 155 Å². The highest BCUT2D eigenvalue weighted by molar-refractivity contribution is 5.99. The number of hydrogen-bond acceptors (Lipinski definition) is 3. The van der Waals surface area contributed by atoms with Crippen molar-refractivity contribution in [3.8, 4) is 50.5 Å². The molecule has 0 fully saturated rings. The Morgan fingerprint density at radius 3 is 2.04 bits per heavy atom. The number of fused-ring (bicyclic) bond motifs is 2. The van der Waals surface area contributed by atoms with Crippen LogP contribution in [0.3, 0.4) is 0 Å². The van der Waals surface area contributed by atoms with Crippen molar-refractivity contribution in [2.45, 2.75) is 12.8 Å². The molecule has 1 aliphatic rings. The zero-order valence-electron chi connectivity index (χ0n) is 26.9. The van der Waals surface area contributed by atoms with Crippen LogP contribution in [0.2, 0.25) is 0 Å². The second-order valence-corrected chi connectivity index (χ2v) is 12.4. The Balaban J connectivity index is 1.02. The van der Waals surface area contributed by atoms with E-state index in [0.717, 1.165) is 63.5 Å². The average molecular weight is 629 g/mol. The summed E-state index contributed by atoms with van der Waals surface area (Å²) in [7, 11) is 0. The molecule has 0 saturated heterocycles. The lowest BCUT2D eigenvalue weighted by atomic mass is 9.94. The number of para-hydroxylation sites is 2. The molecule has 4 nitrogen and oxygen atoms in total. The maximum Gasteiger partial charge on any atom is 0.160 e. The summed E-state index contributed by atoms with van der Waals surface area (Å²) in [6.45, 7) is 0. The van der Waals surface area contributed by atoms with Crippen LogP contribution in [0.15, 0.2) is 170 Å². The quantitative estimate of drug-likeness (QED) is 0.184. The Bertz CT molecular complexity index is 2520. The van der Waals surface area contributed by atoms with Crippen molar-refractivity contribution in [2.75, 3.05) is 0 Å². The van der Waals surface area contributed by atoms with E-state index in [1.54, 1.807) is 0 Å². The molecule has 0 unspecified atom stereocenters. The number of imidazole rings is 1. The van der Waals surface area contributed by atoms with Crippen molar-refractivity contribution in [3.63, 3.8) is 0 Å². The molecule has 6 aromatic carbocycles. The van der Waals surface area contributed by atoms with Gasteiger partial charge in [-0.2, -0.15) is 0 Å². The number of hydrogen-bond donors (Lipinski definition) is 0. The molecule has 0 amide bonds. The van der Waals surface area contributed by atoms with Crippen LogP contribution in [0, 0.1) is 0 Å². The third-order valence-corrected chi connectivity index (χ3v) is 9.35. The standard InChI is InChI=1S/C45H32N4/c1-3-10-33(11-4-1)42-29-43(48-45(47-42)35-12-5-2-6-13-35)34-20-18-32(19-21-34)39-15-9-14-37-28-36(24-27-40(37)39)31-22-25-38(26-23-31)49-30-46-41-16-7-8-17-44(41)49/h1,3-5,7-30H,2,6H2. The highest BCUT2D eigenvalue weighted by Crippen LogP contribution is 2.34. The van der Waals surface area contributed by atoms with Gasteiger partial charge in [-0.15, -0.1) is 0 Å². The predicted octanol–water partition coefficient (Wildman–Crippen LogP) is 11.4. The van der Waals surface area contributed by atoms with Gasteiger partial charge < -0.3 is 0 Å². The summed E-state index contributed by atoms with van der Waals surface area (Å²) in [5, 5.41) is 2.44. The van der Waals surface area contributed by atoms with E-state index >= 15 is 0 Å². The Kier molecular flexibility index (Phi) is 7.25. The fraction of sp³-hybridized carbons (Fsp3) is 0.0444. The molecular weight excluding hydrogens is 597 g/mol. The summed E-state index contributed by atoms with van der Waals surface area (Å²) in [5.41, 5.74) is 13.1. The smallest absolute Gasteiger partial charge is 0.160 e. The lowest BCUT2D eigenvalue weighted by Crippen LogP contribution is -1.99. The molecule has 0 saturated carbocycles. The maximum atomic E-state index is 5.04. The van der Waals surface area contributed by atoms with E-state index in [1.807, 2.05) is 24.5 Å². The zero-order chi connectivity index (χ0) is 32.6. The Labute approximate surface area is 285 Å². The molecule has 9 rings (SSSR count). The molecule has 0 N–H and O–H groups in total. The molecule has 49 heavy (non-hydrogen) atoms. The maximum absolute atomic E-state index is 5.04. The van der Waals surface area contributed by atoms with Crippen molar-refractivity contribution in [1.82, 2.24) is 19.5 Å². The van der Waals surface area contributed by atoms with Crippen LogP contribution in [0.4, 0.5) is 0 Å². The van der Waals surface area contributed by atoms with Crippen LogP contribution in [0.1, 0.15) is 18.7 Å².